The number of rotatable bonds is 3. The summed E-state index contributed by atoms with van der Waals surface area (Å²) in [4.78, 5) is 14.3. The Morgan fingerprint density at radius 2 is 2.18 bits per heavy atom. The van der Waals surface area contributed by atoms with Crippen LogP contribution in [0.1, 0.15) is 38.3 Å². The van der Waals surface area contributed by atoms with Crippen LogP contribution in [0.15, 0.2) is 35.3 Å². The standard InChI is InChI=1S/C18H24BrNO2/c1-5-10-20(17(21)22-18(2,3)4)16-9-7-13-11-15(19)8-6-14(13)12-16/h5-6,8,11,16H,1,7,9-10,12H2,2-4H3. The maximum Gasteiger partial charge on any atom is 0.410 e. The summed E-state index contributed by atoms with van der Waals surface area (Å²) in [5.74, 6) is 0. The van der Waals surface area contributed by atoms with Crippen molar-refractivity contribution in [2.45, 2.75) is 51.7 Å². The molecule has 1 unspecified atom stereocenters. The maximum atomic E-state index is 12.5. The van der Waals surface area contributed by atoms with Gasteiger partial charge in [0.25, 0.3) is 0 Å². The van der Waals surface area contributed by atoms with Crippen LogP contribution >= 0.6 is 15.9 Å². The minimum atomic E-state index is -0.478. The van der Waals surface area contributed by atoms with Gasteiger partial charge in [-0.1, -0.05) is 28.1 Å². The number of hydrogen-bond donors (Lipinski definition) is 0. The lowest BCUT2D eigenvalue weighted by Crippen LogP contribution is -2.45. The number of ether oxygens (including phenoxy) is 1. The van der Waals surface area contributed by atoms with Crippen LogP contribution in [0.2, 0.25) is 0 Å². The molecule has 0 saturated heterocycles. The normalized spacial score (nSPS) is 17.5. The van der Waals surface area contributed by atoms with Crippen molar-refractivity contribution >= 4 is 22.0 Å². The zero-order valence-corrected chi connectivity index (χ0v) is 15.1. The van der Waals surface area contributed by atoms with E-state index >= 15 is 0 Å². The summed E-state index contributed by atoms with van der Waals surface area (Å²) in [5, 5.41) is 0. The first kappa shape index (κ1) is 17.1. The summed E-state index contributed by atoms with van der Waals surface area (Å²) < 4.78 is 6.66. The van der Waals surface area contributed by atoms with Crippen LogP contribution in [0, 0.1) is 0 Å². The summed E-state index contributed by atoms with van der Waals surface area (Å²) in [6, 6.07) is 6.55. The minimum absolute atomic E-state index is 0.168. The second kappa shape index (κ2) is 6.86. The first-order valence-corrected chi connectivity index (χ1v) is 8.47. The molecule has 0 radical (unpaired) electrons. The molecular formula is C18H24BrNO2. The molecule has 0 spiro atoms. The molecule has 4 heteroatoms. The Hall–Kier alpha value is -1.29. The third-order valence-electron chi connectivity index (χ3n) is 3.77. The molecular weight excluding hydrogens is 342 g/mol. The molecule has 120 valence electrons. The monoisotopic (exact) mass is 365 g/mol. The Bertz CT molecular complexity index is 563. The Labute approximate surface area is 141 Å². The van der Waals surface area contributed by atoms with Crippen molar-refractivity contribution < 1.29 is 9.53 Å². The van der Waals surface area contributed by atoms with E-state index in [4.69, 9.17) is 4.74 Å². The number of nitrogens with zero attached hydrogens (tertiary/aromatic N) is 1. The lowest BCUT2D eigenvalue weighted by atomic mass is 9.87. The van der Waals surface area contributed by atoms with Crippen molar-refractivity contribution in [3.05, 3.63) is 46.5 Å². The predicted molar refractivity (Wildman–Crippen MR) is 93.1 cm³/mol. The third kappa shape index (κ3) is 4.35. The number of aryl methyl sites for hydroxylation is 1. The first-order valence-electron chi connectivity index (χ1n) is 7.68. The summed E-state index contributed by atoms with van der Waals surface area (Å²) in [6.07, 6.45) is 4.32. The number of amides is 1. The van der Waals surface area contributed by atoms with Crippen LogP contribution < -0.4 is 0 Å². The van der Waals surface area contributed by atoms with Crippen molar-refractivity contribution in [3.63, 3.8) is 0 Å². The third-order valence-corrected chi connectivity index (χ3v) is 4.26. The zero-order chi connectivity index (χ0) is 16.3. The van der Waals surface area contributed by atoms with E-state index in [1.807, 2.05) is 25.7 Å². The smallest absolute Gasteiger partial charge is 0.410 e. The first-order chi connectivity index (χ1) is 10.3. The van der Waals surface area contributed by atoms with Gasteiger partial charge in [-0.25, -0.2) is 4.79 Å². The van der Waals surface area contributed by atoms with Gasteiger partial charge in [0, 0.05) is 17.1 Å². The molecule has 0 aliphatic heterocycles. The highest BCUT2D eigenvalue weighted by Crippen LogP contribution is 2.28. The quantitative estimate of drug-likeness (QED) is 0.724. The molecule has 2 rings (SSSR count). The van der Waals surface area contributed by atoms with Gasteiger partial charge in [0.2, 0.25) is 0 Å². The second-order valence-corrected chi connectivity index (χ2v) is 7.65. The largest absolute Gasteiger partial charge is 0.444 e. The van der Waals surface area contributed by atoms with Crippen molar-refractivity contribution in [1.29, 1.82) is 0 Å². The Morgan fingerprint density at radius 1 is 1.45 bits per heavy atom. The number of carbonyl (C=O) groups excluding carboxylic acids is 1. The van der Waals surface area contributed by atoms with Gasteiger partial charge in [-0.05, 0) is 63.3 Å². The molecule has 22 heavy (non-hydrogen) atoms. The zero-order valence-electron chi connectivity index (χ0n) is 13.6. The van der Waals surface area contributed by atoms with Gasteiger partial charge >= 0.3 is 6.09 Å². The van der Waals surface area contributed by atoms with Gasteiger partial charge in [-0.3, -0.25) is 0 Å². The number of carbonyl (C=O) groups is 1. The van der Waals surface area contributed by atoms with Crippen LogP contribution in [0.25, 0.3) is 0 Å². The molecule has 1 aromatic rings. The summed E-state index contributed by atoms with van der Waals surface area (Å²) in [5.41, 5.74) is 2.21. The predicted octanol–water partition coefficient (Wildman–Crippen LogP) is 4.73. The fourth-order valence-corrected chi connectivity index (χ4v) is 3.21. The molecule has 3 nitrogen and oxygen atoms in total. The van der Waals surface area contributed by atoms with Crippen molar-refractivity contribution in [2.24, 2.45) is 0 Å². The molecule has 1 aliphatic carbocycles. The van der Waals surface area contributed by atoms with Crippen molar-refractivity contribution in [1.82, 2.24) is 4.90 Å². The van der Waals surface area contributed by atoms with Crippen LogP contribution in [-0.4, -0.2) is 29.2 Å². The van der Waals surface area contributed by atoms with Crippen molar-refractivity contribution in [3.8, 4) is 0 Å². The Balaban J connectivity index is 2.15. The van der Waals surface area contributed by atoms with Crippen molar-refractivity contribution in [2.75, 3.05) is 6.54 Å². The highest BCUT2D eigenvalue weighted by Gasteiger charge is 2.30. The summed E-state index contributed by atoms with van der Waals surface area (Å²) in [7, 11) is 0. The van der Waals surface area contributed by atoms with E-state index in [0.717, 1.165) is 23.7 Å². The van der Waals surface area contributed by atoms with Gasteiger partial charge in [0.15, 0.2) is 0 Å². The molecule has 0 fully saturated rings. The second-order valence-electron chi connectivity index (χ2n) is 6.73. The number of hydrogen-bond acceptors (Lipinski definition) is 2. The van der Waals surface area contributed by atoms with Crippen LogP contribution in [0.4, 0.5) is 4.79 Å². The van der Waals surface area contributed by atoms with E-state index in [9.17, 15) is 4.79 Å². The van der Waals surface area contributed by atoms with Gasteiger partial charge in [-0.15, -0.1) is 6.58 Å². The average molecular weight is 366 g/mol. The highest BCUT2D eigenvalue weighted by molar-refractivity contribution is 9.10. The van der Waals surface area contributed by atoms with E-state index in [-0.39, 0.29) is 12.1 Å². The Morgan fingerprint density at radius 3 is 2.82 bits per heavy atom. The molecule has 1 amide bonds. The molecule has 1 aliphatic rings. The minimum Gasteiger partial charge on any atom is -0.444 e. The van der Waals surface area contributed by atoms with Crippen LogP contribution in [0.5, 0.6) is 0 Å². The average Bonchev–Trinajstić information content (AvgIpc) is 2.42. The number of benzene rings is 1. The highest BCUT2D eigenvalue weighted by atomic mass is 79.9. The van der Waals surface area contributed by atoms with Gasteiger partial charge in [0.1, 0.15) is 5.60 Å². The summed E-state index contributed by atoms with van der Waals surface area (Å²) in [6.45, 7) is 9.97. The molecule has 0 aromatic heterocycles. The summed E-state index contributed by atoms with van der Waals surface area (Å²) >= 11 is 3.52. The van der Waals surface area contributed by atoms with E-state index in [1.54, 1.807) is 6.08 Å². The fraction of sp³-hybridized carbons (Fsp3) is 0.500. The van der Waals surface area contributed by atoms with Gasteiger partial charge < -0.3 is 9.64 Å². The molecule has 0 heterocycles. The molecule has 0 saturated carbocycles. The lowest BCUT2D eigenvalue weighted by Gasteiger charge is -2.35. The number of halogens is 1. The van der Waals surface area contributed by atoms with E-state index in [1.165, 1.54) is 11.1 Å². The van der Waals surface area contributed by atoms with Crippen LogP contribution in [-0.2, 0) is 17.6 Å². The van der Waals surface area contributed by atoms with Gasteiger partial charge in [-0.2, -0.15) is 0 Å². The lowest BCUT2D eigenvalue weighted by molar-refractivity contribution is 0.0175. The van der Waals surface area contributed by atoms with Crippen LogP contribution in [0.3, 0.4) is 0 Å². The Kier molecular flexibility index (Phi) is 5.32. The SMILES string of the molecule is C=CCN(C(=O)OC(C)(C)C)C1CCc2cc(Br)ccc2C1. The fourth-order valence-electron chi connectivity index (χ4n) is 2.80. The molecule has 0 bridgehead atoms. The topological polar surface area (TPSA) is 29.5 Å². The number of fused-ring (bicyclic) bond motifs is 1. The maximum absolute atomic E-state index is 12.5. The molecule has 0 N–H and O–H groups in total. The van der Waals surface area contributed by atoms with E-state index in [2.05, 4.69) is 40.7 Å². The van der Waals surface area contributed by atoms with E-state index < -0.39 is 5.60 Å². The molecule has 1 atom stereocenters. The van der Waals surface area contributed by atoms with Gasteiger partial charge in [0.05, 0.1) is 0 Å². The van der Waals surface area contributed by atoms with E-state index in [0.29, 0.717) is 6.54 Å². The molecule has 1 aromatic carbocycles.